The minimum atomic E-state index is 0.403. The van der Waals surface area contributed by atoms with Crippen molar-refractivity contribution in [1.82, 2.24) is 5.32 Å². The van der Waals surface area contributed by atoms with E-state index in [0.717, 1.165) is 28.6 Å². The molecule has 1 aliphatic carbocycles. The van der Waals surface area contributed by atoms with Gasteiger partial charge in [-0.1, -0.05) is 56.5 Å². The first-order valence-electron chi connectivity index (χ1n) is 7.62. The van der Waals surface area contributed by atoms with Crippen molar-refractivity contribution in [2.24, 2.45) is 11.3 Å². The smallest absolute Gasteiger partial charge is 0.0453 e. The molecule has 3 heteroatoms. The van der Waals surface area contributed by atoms with Crippen molar-refractivity contribution in [3.05, 3.63) is 33.8 Å². The van der Waals surface area contributed by atoms with Crippen molar-refractivity contribution in [2.75, 3.05) is 6.54 Å². The Morgan fingerprint density at radius 3 is 2.45 bits per heavy atom. The van der Waals surface area contributed by atoms with Crippen LogP contribution in [0, 0.1) is 11.3 Å². The fourth-order valence-corrected chi connectivity index (χ4v) is 4.22. The van der Waals surface area contributed by atoms with Gasteiger partial charge in [-0.2, -0.15) is 0 Å². The average Bonchev–Trinajstić information content (AvgIpc) is 2.72. The molecule has 20 heavy (non-hydrogen) atoms. The molecule has 0 aromatic heterocycles. The largest absolute Gasteiger partial charge is 0.314 e. The summed E-state index contributed by atoms with van der Waals surface area (Å²) in [5.41, 5.74) is 1.49. The van der Waals surface area contributed by atoms with E-state index in [4.69, 9.17) is 23.2 Å². The molecule has 1 nitrogen and oxygen atoms in total. The van der Waals surface area contributed by atoms with Gasteiger partial charge in [0.25, 0.3) is 0 Å². The molecule has 1 fully saturated rings. The van der Waals surface area contributed by atoms with Gasteiger partial charge in [-0.15, -0.1) is 0 Å². The molecule has 1 N–H and O–H groups in total. The second-order valence-electron chi connectivity index (χ2n) is 6.56. The number of halogens is 2. The number of rotatable bonds is 5. The third kappa shape index (κ3) is 3.50. The fourth-order valence-electron chi connectivity index (χ4n) is 3.67. The first kappa shape index (κ1) is 16.1. The first-order valence-corrected chi connectivity index (χ1v) is 8.37. The predicted octanol–water partition coefficient (Wildman–Crippen LogP) is 5.34. The van der Waals surface area contributed by atoms with Gasteiger partial charge in [0, 0.05) is 16.1 Å². The molecular formula is C17H25Cl2N. The van der Waals surface area contributed by atoms with E-state index >= 15 is 0 Å². The summed E-state index contributed by atoms with van der Waals surface area (Å²) in [5.74, 6) is 0.690. The highest BCUT2D eigenvalue weighted by atomic mass is 35.5. The topological polar surface area (TPSA) is 12.0 Å². The van der Waals surface area contributed by atoms with Crippen LogP contribution in [0.25, 0.3) is 0 Å². The van der Waals surface area contributed by atoms with Gasteiger partial charge < -0.3 is 5.32 Å². The zero-order valence-electron chi connectivity index (χ0n) is 12.7. The highest BCUT2D eigenvalue weighted by Crippen LogP contribution is 2.45. The van der Waals surface area contributed by atoms with E-state index in [2.05, 4.69) is 26.1 Å². The Kier molecular flexibility index (Phi) is 5.39. The Morgan fingerprint density at radius 2 is 1.95 bits per heavy atom. The van der Waals surface area contributed by atoms with Crippen LogP contribution in [-0.2, 0) is 6.42 Å². The first-order chi connectivity index (χ1) is 9.45. The monoisotopic (exact) mass is 313 g/mol. The molecule has 1 aromatic carbocycles. The summed E-state index contributed by atoms with van der Waals surface area (Å²) in [6.45, 7) is 7.94. The summed E-state index contributed by atoms with van der Waals surface area (Å²) in [4.78, 5) is 0. The zero-order valence-corrected chi connectivity index (χ0v) is 14.2. The molecule has 1 aromatic rings. The molecule has 2 rings (SSSR count). The van der Waals surface area contributed by atoms with E-state index in [-0.39, 0.29) is 0 Å². The maximum absolute atomic E-state index is 6.34. The summed E-state index contributed by atoms with van der Waals surface area (Å²) in [6, 6.07) is 6.24. The van der Waals surface area contributed by atoms with E-state index < -0.39 is 0 Å². The standard InChI is InChI=1S/C17H25Cl2N/c1-4-20-16(13-7-6-10-17(13,2)3)11-12-14(18)8-5-9-15(12)19/h5,8-9,13,16,20H,4,6-7,10-11H2,1-3H3. The van der Waals surface area contributed by atoms with Gasteiger partial charge in [0.1, 0.15) is 0 Å². The van der Waals surface area contributed by atoms with Crippen LogP contribution < -0.4 is 5.32 Å². The molecule has 2 atom stereocenters. The molecule has 1 saturated carbocycles. The number of hydrogen-bond acceptors (Lipinski definition) is 1. The van der Waals surface area contributed by atoms with Crippen LogP contribution in [0.15, 0.2) is 18.2 Å². The molecule has 0 spiro atoms. The molecule has 0 saturated heterocycles. The lowest BCUT2D eigenvalue weighted by Gasteiger charge is -2.35. The van der Waals surface area contributed by atoms with Gasteiger partial charge in [-0.05, 0) is 54.8 Å². The molecule has 112 valence electrons. The number of benzene rings is 1. The molecule has 2 unspecified atom stereocenters. The quantitative estimate of drug-likeness (QED) is 0.773. The SMILES string of the molecule is CCNC(Cc1c(Cl)cccc1Cl)C1CCCC1(C)C. The van der Waals surface area contributed by atoms with Crippen LogP contribution in [0.5, 0.6) is 0 Å². The summed E-state index contributed by atoms with van der Waals surface area (Å²) in [6.07, 6.45) is 4.86. The Balaban J connectivity index is 2.22. The van der Waals surface area contributed by atoms with Crippen molar-refractivity contribution >= 4 is 23.2 Å². The maximum atomic E-state index is 6.34. The third-order valence-corrected chi connectivity index (χ3v) is 5.49. The van der Waals surface area contributed by atoms with Crippen LogP contribution in [-0.4, -0.2) is 12.6 Å². The molecule has 0 bridgehead atoms. The van der Waals surface area contributed by atoms with E-state index in [1.807, 2.05) is 18.2 Å². The van der Waals surface area contributed by atoms with Crippen LogP contribution in [0.3, 0.4) is 0 Å². The van der Waals surface area contributed by atoms with E-state index in [1.165, 1.54) is 19.3 Å². The van der Waals surface area contributed by atoms with Crippen LogP contribution in [0.4, 0.5) is 0 Å². The van der Waals surface area contributed by atoms with Gasteiger partial charge in [0.15, 0.2) is 0 Å². The van der Waals surface area contributed by atoms with E-state index in [0.29, 0.717) is 17.4 Å². The van der Waals surface area contributed by atoms with Gasteiger partial charge in [-0.25, -0.2) is 0 Å². The number of hydrogen-bond donors (Lipinski definition) is 1. The average molecular weight is 314 g/mol. The Hall–Kier alpha value is -0.240. The van der Waals surface area contributed by atoms with Crippen LogP contribution in [0.1, 0.15) is 45.6 Å². The summed E-state index contributed by atoms with van der Waals surface area (Å²) in [5, 5.41) is 5.24. The van der Waals surface area contributed by atoms with E-state index in [1.54, 1.807) is 0 Å². The lowest BCUT2D eigenvalue weighted by Crippen LogP contribution is -2.42. The van der Waals surface area contributed by atoms with Crippen LogP contribution >= 0.6 is 23.2 Å². The summed E-state index contributed by atoms with van der Waals surface area (Å²) >= 11 is 12.7. The molecule has 0 aliphatic heterocycles. The lowest BCUT2D eigenvalue weighted by atomic mass is 9.76. The second kappa shape index (κ2) is 6.68. The normalized spacial score (nSPS) is 22.9. The van der Waals surface area contributed by atoms with Crippen molar-refractivity contribution in [3.63, 3.8) is 0 Å². The number of likely N-dealkylation sites (N-methyl/N-ethyl adjacent to an activating group) is 1. The second-order valence-corrected chi connectivity index (χ2v) is 7.37. The predicted molar refractivity (Wildman–Crippen MR) is 88.8 cm³/mol. The fraction of sp³-hybridized carbons (Fsp3) is 0.647. The zero-order chi connectivity index (χ0) is 14.8. The Labute approximate surface area is 133 Å². The number of nitrogens with one attached hydrogen (secondary N) is 1. The molecular weight excluding hydrogens is 289 g/mol. The summed E-state index contributed by atoms with van der Waals surface area (Å²) in [7, 11) is 0. The molecule has 0 radical (unpaired) electrons. The van der Waals surface area contributed by atoms with Gasteiger partial charge in [0.05, 0.1) is 0 Å². The molecule has 0 amide bonds. The Bertz CT molecular complexity index is 436. The van der Waals surface area contributed by atoms with Crippen LogP contribution in [0.2, 0.25) is 10.0 Å². The van der Waals surface area contributed by atoms with Crippen molar-refractivity contribution in [1.29, 1.82) is 0 Å². The third-order valence-electron chi connectivity index (χ3n) is 4.78. The lowest BCUT2D eigenvalue weighted by molar-refractivity contribution is 0.197. The van der Waals surface area contributed by atoms with Crippen molar-refractivity contribution in [3.8, 4) is 0 Å². The molecule has 1 aliphatic rings. The molecule has 0 heterocycles. The summed E-state index contributed by atoms with van der Waals surface area (Å²) < 4.78 is 0. The Morgan fingerprint density at radius 1 is 1.30 bits per heavy atom. The van der Waals surface area contributed by atoms with E-state index in [9.17, 15) is 0 Å². The van der Waals surface area contributed by atoms with Gasteiger partial charge >= 0.3 is 0 Å². The van der Waals surface area contributed by atoms with Gasteiger partial charge in [0.2, 0.25) is 0 Å². The minimum absolute atomic E-state index is 0.403. The van der Waals surface area contributed by atoms with Crippen molar-refractivity contribution in [2.45, 2.75) is 52.5 Å². The van der Waals surface area contributed by atoms with Gasteiger partial charge in [-0.3, -0.25) is 0 Å². The maximum Gasteiger partial charge on any atom is 0.0453 e. The minimum Gasteiger partial charge on any atom is -0.314 e. The highest BCUT2D eigenvalue weighted by molar-refractivity contribution is 6.36. The van der Waals surface area contributed by atoms with Crippen molar-refractivity contribution < 1.29 is 0 Å². The highest BCUT2D eigenvalue weighted by Gasteiger charge is 2.39.